The first-order valence-electron chi connectivity index (χ1n) is 11.4. The highest BCUT2D eigenvalue weighted by atomic mass is 19.1. The van der Waals surface area contributed by atoms with Crippen molar-refractivity contribution in [3.05, 3.63) is 41.7 Å². The zero-order valence-corrected chi connectivity index (χ0v) is 19.2. The van der Waals surface area contributed by atoms with Crippen molar-refractivity contribution in [1.29, 1.82) is 0 Å². The number of primary amides is 1. The Morgan fingerprint density at radius 3 is 2.67 bits per heavy atom. The molecule has 3 heterocycles. The molecule has 0 aliphatic carbocycles. The maximum atomic E-state index is 15.5. The van der Waals surface area contributed by atoms with E-state index in [1.54, 1.807) is 0 Å². The third kappa shape index (κ3) is 3.67. The Kier molecular flexibility index (Phi) is 4.99. The first kappa shape index (κ1) is 21.6. The summed E-state index contributed by atoms with van der Waals surface area (Å²) in [5.41, 5.74) is 7.05. The monoisotopic (exact) mass is 452 g/mol. The zero-order chi connectivity index (χ0) is 23.5. The first-order chi connectivity index (χ1) is 15.6. The van der Waals surface area contributed by atoms with Gasteiger partial charge in [0, 0.05) is 42.0 Å². The summed E-state index contributed by atoms with van der Waals surface area (Å²) in [5, 5.41) is 1.54. The maximum Gasteiger partial charge on any atom is 0.410 e. The van der Waals surface area contributed by atoms with Gasteiger partial charge in [0.25, 0.3) is 5.91 Å². The molecule has 0 bridgehead atoms. The van der Waals surface area contributed by atoms with Gasteiger partial charge in [-0.1, -0.05) is 18.2 Å². The number of aromatic nitrogens is 1. The van der Waals surface area contributed by atoms with Crippen LogP contribution >= 0.6 is 0 Å². The first-order valence-corrected chi connectivity index (χ1v) is 11.4. The lowest BCUT2D eigenvalue weighted by Crippen LogP contribution is -2.49. The van der Waals surface area contributed by atoms with E-state index in [9.17, 15) is 9.59 Å². The molecule has 5 rings (SSSR count). The van der Waals surface area contributed by atoms with Crippen LogP contribution in [0, 0.1) is 11.7 Å². The highest BCUT2D eigenvalue weighted by molar-refractivity contribution is 6.19. The third-order valence-corrected chi connectivity index (χ3v) is 6.75. The summed E-state index contributed by atoms with van der Waals surface area (Å²) in [5.74, 6) is -0.900. The van der Waals surface area contributed by atoms with E-state index in [4.69, 9.17) is 10.5 Å². The fourth-order valence-corrected chi connectivity index (χ4v) is 5.41. The predicted octanol–water partition coefficient (Wildman–Crippen LogP) is 4.39. The van der Waals surface area contributed by atoms with Crippen molar-refractivity contribution in [2.45, 2.75) is 45.3 Å². The van der Waals surface area contributed by atoms with Crippen LogP contribution in [0.5, 0.6) is 0 Å². The van der Waals surface area contributed by atoms with Crippen molar-refractivity contribution in [3.8, 4) is 0 Å². The molecule has 3 N–H and O–H groups in total. The second kappa shape index (κ2) is 7.64. The summed E-state index contributed by atoms with van der Waals surface area (Å²) >= 11 is 0. The molecule has 2 atom stereocenters. The van der Waals surface area contributed by atoms with Crippen molar-refractivity contribution in [2.75, 3.05) is 24.5 Å². The second-order valence-electron chi connectivity index (χ2n) is 10.1. The Hall–Kier alpha value is -3.29. The van der Waals surface area contributed by atoms with Crippen LogP contribution in [0.25, 0.3) is 21.8 Å². The van der Waals surface area contributed by atoms with Gasteiger partial charge < -0.3 is 25.3 Å². The summed E-state index contributed by atoms with van der Waals surface area (Å²) in [6.07, 6.45) is 1.29. The van der Waals surface area contributed by atoms with Crippen LogP contribution < -0.4 is 10.6 Å². The van der Waals surface area contributed by atoms with Crippen molar-refractivity contribution in [2.24, 2.45) is 11.7 Å². The number of benzene rings is 2. The Morgan fingerprint density at radius 2 is 1.94 bits per heavy atom. The van der Waals surface area contributed by atoms with E-state index in [0.717, 1.165) is 23.7 Å². The molecule has 2 aromatic carbocycles. The number of aromatic amines is 1. The fraction of sp³-hybridized carbons (Fsp3) is 0.440. The summed E-state index contributed by atoms with van der Waals surface area (Å²) in [7, 11) is 0. The second-order valence-corrected chi connectivity index (χ2v) is 10.1. The molecule has 33 heavy (non-hydrogen) atoms. The van der Waals surface area contributed by atoms with Gasteiger partial charge in [0.15, 0.2) is 0 Å². The number of hydrogen-bond acceptors (Lipinski definition) is 4. The van der Waals surface area contributed by atoms with E-state index in [1.165, 1.54) is 6.07 Å². The molecular weight excluding hydrogens is 423 g/mol. The molecule has 1 aromatic heterocycles. The number of rotatable bonds is 2. The number of para-hydroxylation sites is 1. The van der Waals surface area contributed by atoms with Crippen LogP contribution in [0.3, 0.4) is 0 Å². The number of hydrogen-bond donors (Lipinski definition) is 2. The van der Waals surface area contributed by atoms with E-state index in [-0.39, 0.29) is 23.6 Å². The Bertz CT molecular complexity index is 1260. The van der Waals surface area contributed by atoms with Crippen molar-refractivity contribution >= 4 is 39.5 Å². The van der Waals surface area contributed by atoms with E-state index in [1.807, 2.05) is 49.9 Å². The van der Waals surface area contributed by atoms with Crippen LogP contribution in [-0.2, 0) is 4.74 Å². The maximum absolute atomic E-state index is 15.5. The smallest absolute Gasteiger partial charge is 0.410 e. The molecule has 0 saturated carbocycles. The van der Waals surface area contributed by atoms with Crippen LogP contribution in [0.1, 0.15) is 44.0 Å². The minimum Gasteiger partial charge on any atom is -0.444 e. The van der Waals surface area contributed by atoms with Gasteiger partial charge in [-0.25, -0.2) is 9.18 Å². The number of H-pyrrole nitrogens is 1. The number of carbonyl (C=O) groups excluding carboxylic acids is 2. The number of piperidine rings is 1. The standard InChI is InChI=1S/C25H29FN4O3/c1-25(2,3)33-24(32)30-11-8-14-13-29(10-9-19(14)30)22-17(26)12-16(23(27)31)21-20(22)15-6-4-5-7-18(15)28-21/h4-7,12,14,19,28H,8-11,13H2,1-3H3,(H2,27,31). The SMILES string of the molecule is CC(C)(C)OC(=O)N1CCC2CN(c3c(F)cc(C(N)=O)c4[nH]c5ccccc5c34)CCC21. The van der Waals surface area contributed by atoms with Crippen LogP contribution in [0.4, 0.5) is 14.9 Å². The Labute approximate surface area is 191 Å². The zero-order valence-electron chi connectivity index (χ0n) is 19.2. The lowest BCUT2D eigenvalue weighted by molar-refractivity contribution is 0.0194. The number of fused-ring (bicyclic) bond motifs is 4. The molecule has 7 nitrogen and oxygen atoms in total. The Balaban J connectivity index is 1.51. The third-order valence-electron chi connectivity index (χ3n) is 6.75. The highest BCUT2D eigenvalue weighted by Gasteiger charge is 2.42. The molecule has 8 heteroatoms. The van der Waals surface area contributed by atoms with Gasteiger partial charge in [-0.3, -0.25) is 4.79 Å². The van der Waals surface area contributed by atoms with E-state index < -0.39 is 17.3 Å². The predicted molar refractivity (Wildman–Crippen MR) is 126 cm³/mol. The van der Waals surface area contributed by atoms with Crippen LogP contribution in [0.15, 0.2) is 30.3 Å². The number of anilines is 1. The number of ether oxygens (including phenoxy) is 1. The largest absolute Gasteiger partial charge is 0.444 e. The molecule has 174 valence electrons. The number of carbonyl (C=O) groups is 2. The van der Waals surface area contributed by atoms with E-state index in [2.05, 4.69) is 9.88 Å². The normalized spacial score (nSPS) is 21.0. The molecule has 3 aromatic rings. The number of likely N-dealkylation sites (tertiary alicyclic amines) is 1. The van der Waals surface area contributed by atoms with Crippen LogP contribution in [-0.4, -0.2) is 53.2 Å². The van der Waals surface area contributed by atoms with Gasteiger partial charge in [-0.05, 0) is 51.7 Å². The highest BCUT2D eigenvalue weighted by Crippen LogP contribution is 2.41. The molecule has 2 unspecified atom stereocenters. The molecular formula is C25H29FN4O3. The molecule has 0 spiro atoms. The van der Waals surface area contributed by atoms with Gasteiger partial charge in [-0.15, -0.1) is 0 Å². The molecule has 2 amide bonds. The summed E-state index contributed by atoms with van der Waals surface area (Å²) < 4.78 is 21.1. The number of nitrogens with zero attached hydrogens (tertiary/aromatic N) is 2. The van der Waals surface area contributed by atoms with Gasteiger partial charge in [0.2, 0.25) is 0 Å². The lowest BCUT2D eigenvalue weighted by atomic mass is 9.91. The van der Waals surface area contributed by atoms with Crippen molar-refractivity contribution < 1.29 is 18.7 Å². The quantitative estimate of drug-likeness (QED) is 0.603. The van der Waals surface area contributed by atoms with Crippen molar-refractivity contribution in [1.82, 2.24) is 9.88 Å². The summed E-state index contributed by atoms with van der Waals surface area (Å²) in [4.78, 5) is 31.9. The molecule has 0 radical (unpaired) electrons. The average molecular weight is 453 g/mol. The van der Waals surface area contributed by atoms with Gasteiger partial charge in [0.1, 0.15) is 11.4 Å². The van der Waals surface area contributed by atoms with Crippen molar-refractivity contribution in [3.63, 3.8) is 0 Å². The number of nitrogens with one attached hydrogen (secondary N) is 1. The number of halogens is 1. The van der Waals surface area contributed by atoms with Crippen LogP contribution in [0.2, 0.25) is 0 Å². The minimum absolute atomic E-state index is 0.0857. The lowest BCUT2D eigenvalue weighted by Gasteiger charge is -2.39. The topological polar surface area (TPSA) is 91.7 Å². The number of amides is 2. The summed E-state index contributed by atoms with van der Waals surface area (Å²) in [6.45, 7) is 7.47. The van der Waals surface area contributed by atoms with E-state index >= 15 is 4.39 Å². The van der Waals surface area contributed by atoms with Gasteiger partial charge in [0.05, 0.1) is 16.8 Å². The van der Waals surface area contributed by atoms with Gasteiger partial charge in [-0.2, -0.15) is 0 Å². The molecule has 2 fully saturated rings. The molecule has 2 aliphatic heterocycles. The minimum atomic E-state index is -0.667. The molecule has 2 saturated heterocycles. The molecule has 2 aliphatic rings. The van der Waals surface area contributed by atoms with E-state index in [0.29, 0.717) is 36.2 Å². The average Bonchev–Trinajstić information content (AvgIpc) is 3.33. The van der Waals surface area contributed by atoms with Gasteiger partial charge >= 0.3 is 6.09 Å². The Morgan fingerprint density at radius 1 is 1.18 bits per heavy atom. The number of nitrogens with two attached hydrogens (primary N) is 1. The summed E-state index contributed by atoms with van der Waals surface area (Å²) in [6, 6.07) is 8.95. The fourth-order valence-electron chi connectivity index (χ4n) is 5.41.